The van der Waals surface area contributed by atoms with Crippen LogP contribution in [0.4, 0.5) is 0 Å². The first-order valence-corrected chi connectivity index (χ1v) is 6.97. The van der Waals surface area contributed by atoms with E-state index in [1.807, 2.05) is 12.4 Å². The van der Waals surface area contributed by atoms with Gasteiger partial charge in [0.1, 0.15) is 0 Å². The highest BCUT2D eigenvalue weighted by Gasteiger charge is 2.10. The van der Waals surface area contributed by atoms with Crippen LogP contribution in [0.3, 0.4) is 0 Å². The predicted octanol–water partition coefficient (Wildman–Crippen LogP) is 2.44. The number of hydrogen-bond donors (Lipinski definition) is 1. The van der Waals surface area contributed by atoms with Gasteiger partial charge in [-0.15, -0.1) is 0 Å². The molecule has 0 fully saturated rings. The Morgan fingerprint density at radius 2 is 2.21 bits per heavy atom. The Balaban J connectivity index is 2.03. The van der Waals surface area contributed by atoms with Crippen molar-refractivity contribution in [1.82, 2.24) is 14.9 Å². The van der Waals surface area contributed by atoms with Crippen molar-refractivity contribution in [2.45, 2.75) is 32.4 Å². The first-order chi connectivity index (χ1) is 9.35. The number of aromatic nitrogens is 2. The van der Waals surface area contributed by atoms with E-state index in [4.69, 9.17) is 4.74 Å². The minimum Gasteiger partial charge on any atom is -0.385 e. The van der Waals surface area contributed by atoms with Crippen molar-refractivity contribution in [2.24, 2.45) is 0 Å². The van der Waals surface area contributed by atoms with Crippen LogP contribution >= 0.6 is 0 Å². The second-order valence-corrected chi connectivity index (χ2v) is 4.78. The zero-order valence-corrected chi connectivity index (χ0v) is 11.8. The van der Waals surface area contributed by atoms with Gasteiger partial charge in [0.05, 0.1) is 17.4 Å². The molecule has 1 unspecified atom stereocenters. The van der Waals surface area contributed by atoms with Crippen LogP contribution < -0.4 is 5.32 Å². The molecule has 0 bridgehead atoms. The number of methoxy groups -OCH3 is 1. The molecule has 2 aromatic rings. The van der Waals surface area contributed by atoms with Gasteiger partial charge in [0.2, 0.25) is 0 Å². The lowest BCUT2D eigenvalue weighted by Gasteiger charge is -2.18. The summed E-state index contributed by atoms with van der Waals surface area (Å²) in [6.07, 6.45) is 4.14. The zero-order valence-electron chi connectivity index (χ0n) is 11.8. The van der Waals surface area contributed by atoms with E-state index in [2.05, 4.69) is 40.0 Å². The summed E-state index contributed by atoms with van der Waals surface area (Å²) in [5.74, 6) is 0. The molecule has 4 heteroatoms. The molecule has 0 saturated carbocycles. The molecule has 104 valence electrons. The minimum absolute atomic E-state index is 0.470. The van der Waals surface area contributed by atoms with E-state index in [1.165, 1.54) is 5.52 Å². The number of fused-ring (bicyclic) bond motifs is 1. The molecule has 19 heavy (non-hydrogen) atoms. The molecule has 1 aromatic carbocycles. The first kappa shape index (κ1) is 14.0. The topological polar surface area (TPSA) is 39.1 Å². The lowest BCUT2D eigenvalue weighted by Crippen LogP contribution is -2.33. The monoisotopic (exact) mass is 261 g/mol. The number of nitrogens with one attached hydrogen (secondary N) is 1. The third-order valence-electron chi connectivity index (χ3n) is 3.34. The third-order valence-corrected chi connectivity index (χ3v) is 3.34. The largest absolute Gasteiger partial charge is 0.385 e. The van der Waals surface area contributed by atoms with Gasteiger partial charge >= 0.3 is 0 Å². The summed E-state index contributed by atoms with van der Waals surface area (Å²) >= 11 is 0. The third kappa shape index (κ3) is 3.78. The molecule has 4 nitrogen and oxygen atoms in total. The van der Waals surface area contributed by atoms with Crippen LogP contribution in [0.5, 0.6) is 0 Å². The van der Waals surface area contributed by atoms with Gasteiger partial charge in [0.15, 0.2) is 0 Å². The van der Waals surface area contributed by atoms with E-state index in [0.29, 0.717) is 6.04 Å². The highest BCUT2D eigenvalue weighted by molar-refractivity contribution is 5.74. The van der Waals surface area contributed by atoms with E-state index in [1.54, 1.807) is 7.11 Å². The molecule has 1 atom stereocenters. The van der Waals surface area contributed by atoms with Gasteiger partial charge in [0, 0.05) is 26.3 Å². The van der Waals surface area contributed by atoms with Crippen molar-refractivity contribution >= 4 is 11.0 Å². The SMILES string of the molecule is CCNC(CCCOC)Cn1cnc2ccccc21. The summed E-state index contributed by atoms with van der Waals surface area (Å²) in [5, 5.41) is 3.54. The molecule has 2 rings (SSSR count). The van der Waals surface area contributed by atoms with Crippen molar-refractivity contribution in [3.05, 3.63) is 30.6 Å². The number of para-hydroxylation sites is 2. The summed E-state index contributed by atoms with van der Waals surface area (Å²) in [5.41, 5.74) is 2.27. The summed E-state index contributed by atoms with van der Waals surface area (Å²) in [6, 6.07) is 8.74. The zero-order chi connectivity index (χ0) is 13.5. The highest BCUT2D eigenvalue weighted by atomic mass is 16.5. The van der Waals surface area contributed by atoms with Gasteiger partial charge < -0.3 is 14.6 Å². The van der Waals surface area contributed by atoms with Crippen LogP contribution in [0, 0.1) is 0 Å². The molecule has 1 heterocycles. The number of ether oxygens (including phenoxy) is 1. The normalized spacial score (nSPS) is 12.9. The van der Waals surface area contributed by atoms with Crippen molar-refractivity contribution in [3.8, 4) is 0 Å². The van der Waals surface area contributed by atoms with Crippen LogP contribution in [0.15, 0.2) is 30.6 Å². The van der Waals surface area contributed by atoms with Crippen LogP contribution in [0.25, 0.3) is 11.0 Å². The van der Waals surface area contributed by atoms with Crippen molar-refractivity contribution in [2.75, 3.05) is 20.3 Å². The fraction of sp³-hybridized carbons (Fsp3) is 0.533. The molecule has 0 spiro atoms. The summed E-state index contributed by atoms with van der Waals surface area (Å²) < 4.78 is 7.36. The fourth-order valence-electron chi connectivity index (χ4n) is 2.41. The predicted molar refractivity (Wildman–Crippen MR) is 78.3 cm³/mol. The lowest BCUT2D eigenvalue weighted by atomic mass is 10.1. The number of nitrogens with zero attached hydrogens (tertiary/aromatic N) is 2. The molecule has 0 aliphatic rings. The second kappa shape index (κ2) is 7.26. The Bertz CT molecular complexity index is 495. The van der Waals surface area contributed by atoms with E-state index in [9.17, 15) is 0 Å². The average molecular weight is 261 g/mol. The van der Waals surface area contributed by atoms with Gasteiger partial charge in [0.25, 0.3) is 0 Å². The van der Waals surface area contributed by atoms with Crippen LogP contribution in [-0.2, 0) is 11.3 Å². The minimum atomic E-state index is 0.470. The van der Waals surface area contributed by atoms with Crippen LogP contribution in [0.2, 0.25) is 0 Å². The van der Waals surface area contributed by atoms with Crippen LogP contribution in [-0.4, -0.2) is 35.9 Å². The maximum Gasteiger partial charge on any atom is 0.0958 e. The number of benzene rings is 1. The number of hydrogen-bond acceptors (Lipinski definition) is 3. The number of imidazole rings is 1. The molecule has 0 amide bonds. The van der Waals surface area contributed by atoms with Crippen LogP contribution in [0.1, 0.15) is 19.8 Å². The van der Waals surface area contributed by atoms with E-state index >= 15 is 0 Å². The summed E-state index contributed by atoms with van der Waals surface area (Å²) in [6.45, 7) is 4.92. The molecular weight excluding hydrogens is 238 g/mol. The maximum absolute atomic E-state index is 5.13. The lowest BCUT2D eigenvalue weighted by molar-refractivity contribution is 0.187. The van der Waals surface area contributed by atoms with Crippen molar-refractivity contribution < 1.29 is 4.74 Å². The average Bonchev–Trinajstić information content (AvgIpc) is 2.83. The van der Waals surface area contributed by atoms with E-state index < -0.39 is 0 Å². The van der Waals surface area contributed by atoms with Crippen molar-refractivity contribution in [3.63, 3.8) is 0 Å². The van der Waals surface area contributed by atoms with E-state index in [-0.39, 0.29) is 0 Å². The molecule has 0 radical (unpaired) electrons. The molecule has 1 aromatic heterocycles. The fourth-order valence-corrected chi connectivity index (χ4v) is 2.41. The van der Waals surface area contributed by atoms with Gasteiger partial charge in [-0.25, -0.2) is 4.98 Å². The number of rotatable bonds is 8. The van der Waals surface area contributed by atoms with Crippen molar-refractivity contribution in [1.29, 1.82) is 0 Å². The molecular formula is C15H23N3O. The molecule has 0 aliphatic carbocycles. The Morgan fingerprint density at radius 3 is 3.00 bits per heavy atom. The standard InChI is InChI=1S/C15H23N3O/c1-3-16-13(7-6-10-19-2)11-18-12-17-14-8-4-5-9-15(14)18/h4-5,8-9,12-13,16H,3,6-7,10-11H2,1-2H3. The highest BCUT2D eigenvalue weighted by Crippen LogP contribution is 2.13. The Kier molecular flexibility index (Phi) is 5.36. The Hall–Kier alpha value is -1.39. The second-order valence-electron chi connectivity index (χ2n) is 4.78. The Morgan fingerprint density at radius 1 is 1.37 bits per heavy atom. The van der Waals surface area contributed by atoms with Gasteiger partial charge in [-0.2, -0.15) is 0 Å². The van der Waals surface area contributed by atoms with E-state index in [0.717, 1.165) is 38.1 Å². The summed E-state index contributed by atoms with van der Waals surface area (Å²) in [4.78, 5) is 4.44. The molecule has 0 aliphatic heterocycles. The Labute approximate surface area is 114 Å². The number of likely N-dealkylation sites (N-methyl/N-ethyl adjacent to an activating group) is 1. The quantitative estimate of drug-likeness (QED) is 0.742. The van der Waals surface area contributed by atoms with Gasteiger partial charge in [-0.3, -0.25) is 0 Å². The summed E-state index contributed by atoms with van der Waals surface area (Å²) in [7, 11) is 1.76. The van der Waals surface area contributed by atoms with Gasteiger partial charge in [-0.05, 0) is 31.5 Å². The molecule has 0 saturated heterocycles. The first-order valence-electron chi connectivity index (χ1n) is 6.97. The smallest absolute Gasteiger partial charge is 0.0958 e. The molecule has 1 N–H and O–H groups in total. The maximum atomic E-state index is 5.13. The van der Waals surface area contributed by atoms with Gasteiger partial charge in [-0.1, -0.05) is 19.1 Å².